The fraction of sp³-hybridized carbons (Fsp3) is 0.444. The third-order valence-electron chi connectivity index (χ3n) is 7.15. The molecule has 170 valence electrons. The lowest BCUT2D eigenvalue weighted by Gasteiger charge is -2.45. The van der Waals surface area contributed by atoms with Crippen molar-refractivity contribution in [2.45, 2.75) is 44.8 Å². The number of carbonyl (C=O) groups excluding carboxylic acids is 1. The smallest absolute Gasteiger partial charge is 0.261 e. The van der Waals surface area contributed by atoms with Crippen molar-refractivity contribution in [2.75, 3.05) is 12.5 Å². The molecule has 2 nitrogen and oxygen atoms in total. The van der Waals surface area contributed by atoms with Crippen molar-refractivity contribution >= 4 is 48.0 Å². The number of benzene rings is 2. The zero-order chi connectivity index (χ0) is 22.9. The lowest BCUT2D eigenvalue weighted by Crippen LogP contribution is -2.67. The van der Waals surface area contributed by atoms with E-state index >= 15 is 0 Å². The van der Waals surface area contributed by atoms with E-state index in [0.29, 0.717) is 17.6 Å². The Bertz CT molecular complexity index is 911. The van der Waals surface area contributed by atoms with E-state index in [-0.39, 0.29) is 17.1 Å². The van der Waals surface area contributed by atoms with E-state index in [0.717, 1.165) is 17.1 Å². The van der Waals surface area contributed by atoms with Gasteiger partial charge in [-0.2, -0.15) is 0 Å². The lowest BCUT2D eigenvalue weighted by atomic mass is 10.1. The summed E-state index contributed by atoms with van der Waals surface area (Å²) in [4.78, 5) is 12.8. The minimum absolute atomic E-state index is 0.00789. The van der Waals surface area contributed by atoms with Crippen molar-refractivity contribution in [3.63, 3.8) is 0 Å². The summed E-state index contributed by atoms with van der Waals surface area (Å²) < 4.78 is 8.40. The third-order valence-corrected chi connectivity index (χ3v) is 14.3. The SMILES string of the molecule is CSC(=CC(=O)C1C2CC(O[Si](c3ccccc3)(c3ccccc3)C(C)(C)C)CC21)SC. The molecule has 0 N–H and O–H groups in total. The number of allylic oxidation sites excluding steroid dienone is 1. The van der Waals surface area contributed by atoms with Crippen molar-refractivity contribution < 1.29 is 9.22 Å². The summed E-state index contributed by atoms with van der Waals surface area (Å²) in [5.41, 5.74) is 0. The average molecular weight is 483 g/mol. The van der Waals surface area contributed by atoms with Crippen molar-refractivity contribution in [1.29, 1.82) is 0 Å². The van der Waals surface area contributed by atoms with Gasteiger partial charge in [0.25, 0.3) is 8.32 Å². The van der Waals surface area contributed by atoms with E-state index in [4.69, 9.17) is 4.43 Å². The highest BCUT2D eigenvalue weighted by Gasteiger charge is 2.61. The van der Waals surface area contributed by atoms with Gasteiger partial charge in [-0.25, -0.2) is 0 Å². The van der Waals surface area contributed by atoms with E-state index in [1.165, 1.54) is 10.4 Å². The predicted octanol–water partition coefficient (Wildman–Crippen LogP) is 5.72. The molecular weight excluding hydrogens is 449 g/mol. The second kappa shape index (κ2) is 9.53. The van der Waals surface area contributed by atoms with Gasteiger partial charge in [-0.3, -0.25) is 4.79 Å². The molecule has 0 heterocycles. The van der Waals surface area contributed by atoms with Crippen LogP contribution in [0.3, 0.4) is 0 Å². The highest BCUT2D eigenvalue weighted by molar-refractivity contribution is 8.21. The number of hydrogen-bond donors (Lipinski definition) is 0. The molecule has 2 saturated carbocycles. The van der Waals surface area contributed by atoms with Gasteiger partial charge in [0.1, 0.15) is 0 Å². The fourth-order valence-corrected chi connectivity index (χ4v) is 11.5. The molecular formula is C27H34O2S2Si. The summed E-state index contributed by atoms with van der Waals surface area (Å²) in [6.07, 6.45) is 8.19. The summed E-state index contributed by atoms with van der Waals surface area (Å²) in [7, 11) is -2.51. The van der Waals surface area contributed by atoms with Crippen LogP contribution in [-0.2, 0) is 9.22 Å². The summed E-state index contributed by atoms with van der Waals surface area (Å²) in [5, 5.41) is 2.66. The number of fused-ring (bicyclic) bond motifs is 1. The minimum atomic E-state index is -2.51. The lowest BCUT2D eigenvalue weighted by molar-refractivity contribution is -0.116. The molecule has 0 radical (unpaired) electrons. The Morgan fingerprint density at radius 1 is 0.906 bits per heavy atom. The molecule has 0 saturated heterocycles. The van der Waals surface area contributed by atoms with Gasteiger partial charge in [0.05, 0.1) is 0 Å². The fourth-order valence-electron chi connectivity index (χ4n) is 5.66. The quantitative estimate of drug-likeness (QED) is 0.355. The Balaban J connectivity index is 1.59. The second-order valence-electron chi connectivity index (χ2n) is 10.0. The summed E-state index contributed by atoms with van der Waals surface area (Å²) in [6.45, 7) is 7.00. The number of carbonyl (C=O) groups is 1. The van der Waals surface area contributed by atoms with Gasteiger partial charge in [0.15, 0.2) is 5.78 Å². The molecule has 2 fully saturated rings. The van der Waals surface area contributed by atoms with Gasteiger partial charge in [-0.15, -0.1) is 23.5 Å². The van der Waals surface area contributed by atoms with Gasteiger partial charge in [0, 0.05) is 22.3 Å². The van der Waals surface area contributed by atoms with Crippen molar-refractivity contribution in [3.05, 3.63) is 71.0 Å². The predicted molar refractivity (Wildman–Crippen MR) is 142 cm³/mol. The Labute approximate surface area is 202 Å². The molecule has 32 heavy (non-hydrogen) atoms. The average Bonchev–Trinajstić information content (AvgIpc) is 3.31. The molecule has 0 bridgehead atoms. The normalized spacial score (nSPS) is 24.7. The Morgan fingerprint density at radius 2 is 1.38 bits per heavy atom. The number of thioether (sulfide) groups is 2. The van der Waals surface area contributed by atoms with Crippen LogP contribution in [0.2, 0.25) is 5.04 Å². The molecule has 2 atom stereocenters. The van der Waals surface area contributed by atoms with E-state index in [9.17, 15) is 4.79 Å². The maximum Gasteiger partial charge on any atom is 0.261 e. The summed E-state index contributed by atoms with van der Waals surface area (Å²) in [6, 6.07) is 21.7. The van der Waals surface area contributed by atoms with Crippen molar-refractivity contribution in [2.24, 2.45) is 17.8 Å². The third kappa shape index (κ3) is 4.41. The molecule has 2 aliphatic carbocycles. The Hall–Kier alpha value is -1.27. The number of hydrogen-bond acceptors (Lipinski definition) is 4. The highest BCUT2D eigenvalue weighted by Crippen LogP contribution is 2.59. The van der Waals surface area contributed by atoms with Gasteiger partial charge < -0.3 is 4.43 Å². The van der Waals surface area contributed by atoms with Crippen LogP contribution < -0.4 is 10.4 Å². The standard InChI is InChI=1S/C27H34O2S2Si/c1-27(2,3)32(20-12-8-6-9-13-20,21-14-10-7-11-15-21)29-19-16-22-23(17-19)26(22)24(28)18-25(30-4)31-5/h6-15,18-19,22-23,26H,16-17H2,1-5H3. The number of rotatable bonds is 8. The number of ketones is 1. The molecule has 2 unspecified atom stereocenters. The van der Waals surface area contributed by atoms with Gasteiger partial charge in [0.2, 0.25) is 0 Å². The van der Waals surface area contributed by atoms with E-state index < -0.39 is 8.32 Å². The molecule has 2 aromatic rings. The first-order chi connectivity index (χ1) is 15.3. The highest BCUT2D eigenvalue weighted by atomic mass is 32.2. The Kier molecular flexibility index (Phi) is 7.11. The van der Waals surface area contributed by atoms with Crippen LogP contribution in [0.4, 0.5) is 0 Å². The van der Waals surface area contributed by atoms with Crippen LogP contribution >= 0.6 is 23.5 Å². The molecule has 0 amide bonds. The Morgan fingerprint density at radius 3 is 1.78 bits per heavy atom. The summed E-state index contributed by atoms with van der Waals surface area (Å²) in [5.74, 6) is 1.52. The molecule has 2 aliphatic rings. The maximum atomic E-state index is 12.8. The largest absolute Gasteiger partial charge is 0.404 e. The van der Waals surface area contributed by atoms with Crippen LogP contribution in [0.5, 0.6) is 0 Å². The van der Waals surface area contributed by atoms with Crippen LogP contribution in [-0.4, -0.2) is 32.7 Å². The molecule has 4 rings (SSSR count). The molecule has 2 aromatic carbocycles. The van der Waals surface area contributed by atoms with Crippen LogP contribution in [0, 0.1) is 17.8 Å². The first-order valence-corrected chi connectivity index (χ1v) is 15.8. The van der Waals surface area contributed by atoms with Crippen LogP contribution in [0.25, 0.3) is 0 Å². The van der Waals surface area contributed by atoms with Crippen molar-refractivity contribution in [3.8, 4) is 0 Å². The monoisotopic (exact) mass is 482 g/mol. The molecule has 5 heteroatoms. The van der Waals surface area contributed by atoms with Crippen LogP contribution in [0.15, 0.2) is 71.0 Å². The van der Waals surface area contributed by atoms with Crippen molar-refractivity contribution in [1.82, 2.24) is 0 Å². The minimum Gasteiger partial charge on any atom is -0.404 e. The maximum absolute atomic E-state index is 12.8. The summed E-state index contributed by atoms with van der Waals surface area (Å²) >= 11 is 3.32. The van der Waals surface area contributed by atoms with E-state index in [2.05, 4.69) is 81.4 Å². The van der Waals surface area contributed by atoms with E-state index in [1.807, 2.05) is 18.6 Å². The zero-order valence-electron chi connectivity index (χ0n) is 19.7. The van der Waals surface area contributed by atoms with Gasteiger partial charge in [-0.1, -0.05) is 81.4 Å². The first kappa shape index (κ1) is 23.9. The molecule has 0 spiro atoms. The van der Waals surface area contributed by atoms with Gasteiger partial charge >= 0.3 is 0 Å². The van der Waals surface area contributed by atoms with E-state index in [1.54, 1.807) is 23.5 Å². The first-order valence-electron chi connectivity index (χ1n) is 11.4. The topological polar surface area (TPSA) is 26.3 Å². The van der Waals surface area contributed by atoms with Crippen LogP contribution in [0.1, 0.15) is 33.6 Å². The zero-order valence-corrected chi connectivity index (χ0v) is 22.3. The van der Waals surface area contributed by atoms with Gasteiger partial charge in [-0.05, 0) is 52.6 Å². The molecule has 0 aromatic heterocycles. The second-order valence-corrected chi connectivity index (χ2v) is 16.2. The molecule has 0 aliphatic heterocycles.